The van der Waals surface area contributed by atoms with Crippen molar-refractivity contribution >= 4 is 23.0 Å². The van der Waals surface area contributed by atoms with Gasteiger partial charge in [-0.2, -0.15) is 0 Å². The van der Waals surface area contributed by atoms with Crippen LogP contribution in [0.4, 0.5) is 0 Å². The number of allylic oxidation sites excluding steroid dienone is 2. The van der Waals surface area contributed by atoms with Gasteiger partial charge in [-0.25, -0.2) is 14.3 Å². The van der Waals surface area contributed by atoms with Gasteiger partial charge in [0.15, 0.2) is 11.4 Å². The summed E-state index contributed by atoms with van der Waals surface area (Å²) < 4.78 is 2.33. The van der Waals surface area contributed by atoms with E-state index in [1.807, 2.05) is 0 Å². The van der Waals surface area contributed by atoms with Crippen molar-refractivity contribution in [3.63, 3.8) is 0 Å². The van der Waals surface area contributed by atoms with Crippen LogP contribution in [0.3, 0.4) is 0 Å². The Balaban J connectivity index is 2.03. The Morgan fingerprint density at radius 3 is 2.68 bits per heavy atom. The smallest absolute Gasteiger partial charge is 0.337 e. The first-order valence-electron chi connectivity index (χ1n) is 8.66. The highest BCUT2D eigenvalue weighted by atomic mass is 16.3. The maximum absolute atomic E-state index is 13.3. The minimum absolute atomic E-state index is 0.133. The van der Waals surface area contributed by atoms with Gasteiger partial charge in [-0.3, -0.25) is 19.1 Å². The molecule has 8 nitrogen and oxygen atoms in total. The molecule has 0 radical (unpaired) electrons. The van der Waals surface area contributed by atoms with Crippen molar-refractivity contribution in [1.82, 2.24) is 14.1 Å². The Morgan fingerprint density at radius 1 is 1.07 bits per heavy atom. The third-order valence-electron chi connectivity index (χ3n) is 4.50. The van der Waals surface area contributed by atoms with Crippen molar-refractivity contribution < 1.29 is 9.90 Å². The molecule has 0 atom stereocenters. The van der Waals surface area contributed by atoms with Gasteiger partial charge in [0.05, 0.1) is 29.9 Å². The van der Waals surface area contributed by atoms with Gasteiger partial charge < -0.3 is 5.11 Å². The quantitative estimate of drug-likeness (QED) is 0.730. The fourth-order valence-electron chi connectivity index (χ4n) is 3.19. The number of aliphatic imine (C=N–C) groups is 1. The molecule has 0 saturated heterocycles. The van der Waals surface area contributed by atoms with Crippen molar-refractivity contribution in [3.05, 3.63) is 80.8 Å². The van der Waals surface area contributed by atoms with Gasteiger partial charge in [-0.05, 0) is 18.2 Å². The number of pyridine rings is 1. The number of carbonyl (C=O) groups excluding carboxylic acids is 1. The van der Waals surface area contributed by atoms with Gasteiger partial charge in [0.25, 0.3) is 5.56 Å². The normalized spacial score (nSPS) is 13.8. The molecule has 0 aliphatic carbocycles. The molecule has 0 spiro atoms. The second kappa shape index (κ2) is 7.16. The number of aliphatic hydroxyl groups is 1. The molecule has 0 fully saturated rings. The number of rotatable bonds is 4. The number of benzene rings is 1. The first kappa shape index (κ1) is 17.7. The number of aliphatic hydroxyl groups excluding tert-OH is 1. The molecule has 0 amide bonds. The standard InChI is InChI=1S/C20H16N4O4/c25-12-13-4-1-2-6-17(13)24-18-16(5-3-8-22-18)19(27)23(20(24)28)11-14-10-15(26)7-9-21-14/h1-6,8-10,25H,7,11-12H2. The monoisotopic (exact) mass is 376 g/mol. The lowest BCUT2D eigenvalue weighted by molar-refractivity contribution is -0.113. The van der Waals surface area contributed by atoms with Crippen LogP contribution in [0.2, 0.25) is 0 Å². The molecule has 4 rings (SSSR count). The molecule has 1 N–H and O–H groups in total. The number of carbonyl (C=O) groups is 1. The first-order valence-corrected chi connectivity index (χ1v) is 8.66. The van der Waals surface area contributed by atoms with E-state index in [-0.39, 0.29) is 36.4 Å². The fraction of sp³-hybridized carbons (Fsp3) is 0.150. The number of nitrogens with zero attached hydrogens (tertiary/aromatic N) is 4. The summed E-state index contributed by atoms with van der Waals surface area (Å²) in [5, 5.41) is 9.94. The molecule has 8 heteroatoms. The highest BCUT2D eigenvalue weighted by molar-refractivity contribution is 6.01. The lowest BCUT2D eigenvalue weighted by Crippen LogP contribution is -2.40. The average Bonchev–Trinajstić information content (AvgIpc) is 2.72. The molecule has 28 heavy (non-hydrogen) atoms. The van der Waals surface area contributed by atoms with Crippen LogP contribution >= 0.6 is 0 Å². The van der Waals surface area contributed by atoms with Crippen LogP contribution < -0.4 is 11.2 Å². The molecule has 0 unspecified atom stereocenters. The highest BCUT2D eigenvalue weighted by Gasteiger charge is 2.18. The number of hydrogen-bond donors (Lipinski definition) is 1. The Kier molecular flexibility index (Phi) is 4.54. The maximum Gasteiger partial charge on any atom is 0.337 e. The lowest BCUT2D eigenvalue weighted by atomic mass is 10.2. The molecule has 3 aromatic rings. The van der Waals surface area contributed by atoms with E-state index in [4.69, 9.17) is 0 Å². The van der Waals surface area contributed by atoms with E-state index in [0.717, 1.165) is 4.57 Å². The second-order valence-electron chi connectivity index (χ2n) is 6.29. The van der Waals surface area contributed by atoms with Gasteiger partial charge in [-0.15, -0.1) is 0 Å². The molecule has 140 valence electrons. The van der Waals surface area contributed by atoms with Crippen LogP contribution in [0.15, 0.2) is 68.9 Å². The largest absolute Gasteiger partial charge is 0.392 e. The van der Waals surface area contributed by atoms with E-state index in [2.05, 4.69) is 9.98 Å². The Labute approximate surface area is 158 Å². The van der Waals surface area contributed by atoms with E-state index >= 15 is 0 Å². The van der Waals surface area contributed by atoms with Crippen LogP contribution in [0, 0.1) is 0 Å². The minimum Gasteiger partial charge on any atom is -0.392 e. The third-order valence-corrected chi connectivity index (χ3v) is 4.50. The third kappa shape index (κ3) is 2.99. The van der Waals surface area contributed by atoms with Crippen molar-refractivity contribution in [2.45, 2.75) is 19.6 Å². The van der Waals surface area contributed by atoms with Crippen molar-refractivity contribution in [1.29, 1.82) is 0 Å². The molecule has 0 saturated carbocycles. The molecular weight excluding hydrogens is 360 g/mol. The highest BCUT2D eigenvalue weighted by Crippen LogP contribution is 2.17. The average molecular weight is 376 g/mol. The molecule has 1 aromatic carbocycles. The number of aromatic nitrogens is 3. The van der Waals surface area contributed by atoms with Gasteiger partial charge >= 0.3 is 5.69 Å². The van der Waals surface area contributed by atoms with Crippen molar-refractivity contribution in [2.24, 2.45) is 4.99 Å². The van der Waals surface area contributed by atoms with Crippen molar-refractivity contribution in [3.8, 4) is 5.69 Å². The summed E-state index contributed by atoms with van der Waals surface area (Å²) in [5.41, 5.74) is 0.357. The second-order valence-corrected chi connectivity index (χ2v) is 6.29. The number of ketones is 1. The first-order chi connectivity index (χ1) is 13.6. The maximum atomic E-state index is 13.3. The lowest BCUT2D eigenvalue weighted by Gasteiger charge is -2.16. The van der Waals surface area contributed by atoms with E-state index in [1.54, 1.807) is 36.4 Å². The SMILES string of the molecule is O=C1C=C(Cn2c(=O)c3cccnc3n(-c3ccccc3CO)c2=O)N=CC1. The summed E-state index contributed by atoms with van der Waals surface area (Å²) in [6, 6.07) is 10.1. The van der Waals surface area contributed by atoms with Gasteiger partial charge in [0.1, 0.15) is 0 Å². The summed E-state index contributed by atoms with van der Waals surface area (Å²) in [6.45, 7) is -0.411. The summed E-state index contributed by atoms with van der Waals surface area (Å²) in [6.07, 6.45) is 4.50. The Hall–Kier alpha value is -3.65. The van der Waals surface area contributed by atoms with E-state index in [9.17, 15) is 19.5 Å². The molecule has 0 bridgehead atoms. The van der Waals surface area contributed by atoms with Crippen LogP contribution in [-0.4, -0.2) is 31.2 Å². The fourth-order valence-corrected chi connectivity index (χ4v) is 3.19. The number of hydrogen-bond acceptors (Lipinski definition) is 6. The molecule has 1 aliphatic rings. The van der Waals surface area contributed by atoms with Crippen molar-refractivity contribution in [2.75, 3.05) is 0 Å². The summed E-state index contributed by atoms with van der Waals surface area (Å²) >= 11 is 0. The van der Waals surface area contributed by atoms with Crippen LogP contribution in [0.25, 0.3) is 16.7 Å². The Bertz CT molecular complexity index is 1270. The zero-order valence-electron chi connectivity index (χ0n) is 14.8. The zero-order valence-corrected chi connectivity index (χ0v) is 14.8. The molecule has 1 aliphatic heterocycles. The Morgan fingerprint density at radius 2 is 1.89 bits per heavy atom. The summed E-state index contributed by atoms with van der Waals surface area (Å²) in [7, 11) is 0. The number of para-hydroxylation sites is 1. The van der Waals surface area contributed by atoms with Gasteiger partial charge in [-0.1, -0.05) is 18.2 Å². The summed E-state index contributed by atoms with van der Waals surface area (Å²) in [5.74, 6) is -0.133. The predicted molar refractivity (Wildman–Crippen MR) is 104 cm³/mol. The number of fused-ring (bicyclic) bond motifs is 1. The minimum atomic E-state index is -0.619. The van der Waals surface area contributed by atoms with Gasteiger partial charge in [0, 0.05) is 30.5 Å². The van der Waals surface area contributed by atoms with E-state index in [1.165, 1.54) is 23.1 Å². The van der Waals surface area contributed by atoms with Crippen LogP contribution in [-0.2, 0) is 17.9 Å². The zero-order chi connectivity index (χ0) is 19.7. The summed E-state index contributed by atoms with van der Waals surface area (Å²) in [4.78, 5) is 46.2. The topological polar surface area (TPSA) is 107 Å². The van der Waals surface area contributed by atoms with E-state index in [0.29, 0.717) is 16.9 Å². The van der Waals surface area contributed by atoms with Crippen LogP contribution in [0.1, 0.15) is 12.0 Å². The molecule has 2 aromatic heterocycles. The molecule has 3 heterocycles. The molecular formula is C20H16N4O4. The predicted octanol–water partition coefficient (Wildman–Crippen LogP) is 0.967. The van der Waals surface area contributed by atoms with E-state index < -0.39 is 11.2 Å². The van der Waals surface area contributed by atoms with Crippen LogP contribution in [0.5, 0.6) is 0 Å². The van der Waals surface area contributed by atoms with Gasteiger partial charge in [0.2, 0.25) is 0 Å².